The van der Waals surface area contributed by atoms with E-state index in [0.717, 1.165) is 16.5 Å². The second kappa shape index (κ2) is 6.52. The molecule has 1 fully saturated rings. The Morgan fingerprint density at radius 3 is 2.95 bits per heavy atom. The van der Waals surface area contributed by atoms with E-state index in [-0.39, 0.29) is 18.4 Å². The Morgan fingerprint density at radius 2 is 2.16 bits per heavy atom. The van der Waals surface area contributed by atoms with Crippen LogP contribution in [0, 0.1) is 0 Å². The average molecular weight is 323 g/mol. The first-order valence-corrected chi connectivity index (χ1v) is 6.94. The molecule has 2 rings (SSSR count). The zero-order chi connectivity index (χ0) is 13.7. The molecular formula is C14H15BrN2O2. The summed E-state index contributed by atoms with van der Waals surface area (Å²) in [5.74, 6) is -0.229. The van der Waals surface area contributed by atoms with Crippen LogP contribution in [0.1, 0.15) is 12.0 Å². The number of amides is 2. The van der Waals surface area contributed by atoms with Gasteiger partial charge in [-0.15, -0.1) is 0 Å². The number of carbonyl (C=O) groups is 2. The molecule has 100 valence electrons. The lowest BCUT2D eigenvalue weighted by Gasteiger charge is -2.16. The van der Waals surface area contributed by atoms with Crippen LogP contribution in [0.5, 0.6) is 0 Å². The molecule has 5 heteroatoms. The Bertz CT molecular complexity index is 514. The van der Waals surface area contributed by atoms with E-state index >= 15 is 0 Å². The largest absolute Gasteiger partial charge is 0.354 e. The van der Waals surface area contributed by atoms with Crippen molar-refractivity contribution in [1.29, 1.82) is 0 Å². The van der Waals surface area contributed by atoms with Crippen LogP contribution in [0.3, 0.4) is 0 Å². The van der Waals surface area contributed by atoms with Crippen molar-refractivity contribution in [1.82, 2.24) is 10.2 Å². The molecule has 0 aliphatic carbocycles. The van der Waals surface area contributed by atoms with E-state index < -0.39 is 0 Å². The van der Waals surface area contributed by atoms with Gasteiger partial charge < -0.3 is 10.2 Å². The van der Waals surface area contributed by atoms with Crippen LogP contribution < -0.4 is 5.32 Å². The molecule has 1 aliphatic rings. The minimum absolute atomic E-state index is 0.0971. The lowest BCUT2D eigenvalue weighted by molar-refractivity contribution is -0.131. The van der Waals surface area contributed by atoms with Crippen molar-refractivity contribution in [2.24, 2.45) is 0 Å². The van der Waals surface area contributed by atoms with Crippen molar-refractivity contribution in [3.63, 3.8) is 0 Å². The molecule has 0 bridgehead atoms. The Labute approximate surface area is 120 Å². The lowest BCUT2D eigenvalue weighted by Crippen LogP contribution is -2.36. The van der Waals surface area contributed by atoms with Gasteiger partial charge in [-0.2, -0.15) is 0 Å². The number of halogens is 1. The maximum Gasteiger partial charge on any atom is 0.247 e. The summed E-state index contributed by atoms with van der Waals surface area (Å²) in [6.45, 7) is 1.38. The predicted molar refractivity (Wildman–Crippen MR) is 77.4 cm³/mol. The van der Waals surface area contributed by atoms with Crippen LogP contribution in [-0.2, 0) is 9.59 Å². The maximum absolute atomic E-state index is 12.0. The van der Waals surface area contributed by atoms with Crippen molar-refractivity contribution in [2.45, 2.75) is 6.42 Å². The van der Waals surface area contributed by atoms with Gasteiger partial charge in [0.25, 0.3) is 0 Å². The molecule has 1 heterocycles. The van der Waals surface area contributed by atoms with Gasteiger partial charge in [-0.05, 0) is 24.1 Å². The highest BCUT2D eigenvalue weighted by Crippen LogP contribution is 2.17. The number of hydrogen-bond acceptors (Lipinski definition) is 2. The van der Waals surface area contributed by atoms with Crippen LogP contribution in [-0.4, -0.2) is 36.3 Å². The number of nitrogens with zero attached hydrogens (tertiary/aromatic N) is 1. The summed E-state index contributed by atoms with van der Waals surface area (Å²) in [5.41, 5.74) is 0.940. The highest BCUT2D eigenvalue weighted by atomic mass is 79.9. The molecule has 0 spiro atoms. The van der Waals surface area contributed by atoms with Gasteiger partial charge in [0.05, 0.1) is 6.54 Å². The van der Waals surface area contributed by atoms with Crippen molar-refractivity contribution >= 4 is 33.8 Å². The van der Waals surface area contributed by atoms with E-state index in [2.05, 4.69) is 21.2 Å². The Hall–Kier alpha value is -1.62. The third kappa shape index (κ3) is 3.92. The van der Waals surface area contributed by atoms with Crippen LogP contribution in [0.25, 0.3) is 6.08 Å². The molecular weight excluding hydrogens is 308 g/mol. The molecule has 4 nitrogen and oxygen atoms in total. The first-order chi connectivity index (χ1) is 9.16. The fourth-order valence-corrected chi connectivity index (χ4v) is 2.29. The third-order valence-electron chi connectivity index (χ3n) is 2.88. The Balaban J connectivity index is 2.04. The Morgan fingerprint density at radius 1 is 1.37 bits per heavy atom. The van der Waals surface area contributed by atoms with Gasteiger partial charge in [0.15, 0.2) is 0 Å². The number of benzene rings is 1. The van der Waals surface area contributed by atoms with E-state index in [1.807, 2.05) is 24.3 Å². The number of rotatable bonds is 2. The molecule has 0 atom stereocenters. The second-order valence-corrected chi connectivity index (χ2v) is 5.17. The second-order valence-electron chi connectivity index (χ2n) is 4.32. The maximum atomic E-state index is 12.0. The molecule has 1 aromatic rings. The van der Waals surface area contributed by atoms with E-state index in [1.165, 1.54) is 6.08 Å². The molecule has 0 saturated carbocycles. The number of nitrogens with one attached hydrogen (secondary N) is 1. The number of carbonyl (C=O) groups excluding carboxylic acids is 2. The van der Waals surface area contributed by atoms with E-state index in [4.69, 9.17) is 0 Å². The number of hydrogen-bond donors (Lipinski definition) is 1. The van der Waals surface area contributed by atoms with E-state index in [1.54, 1.807) is 11.0 Å². The van der Waals surface area contributed by atoms with Gasteiger partial charge in [0.2, 0.25) is 11.8 Å². The minimum atomic E-state index is -0.132. The lowest BCUT2D eigenvalue weighted by atomic mass is 10.2. The van der Waals surface area contributed by atoms with Gasteiger partial charge in [-0.3, -0.25) is 9.59 Å². The summed E-state index contributed by atoms with van der Waals surface area (Å²) in [4.78, 5) is 25.0. The van der Waals surface area contributed by atoms with Gasteiger partial charge in [-0.1, -0.05) is 34.1 Å². The van der Waals surface area contributed by atoms with Crippen molar-refractivity contribution in [2.75, 3.05) is 19.6 Å². The molecule has 1 N–H and O–H groups in total. The smallest absolute Gasteiger partial charge is 0.247 e. The third-order valence-corrected chi connectivity index (χ3v) is 3.61. The highest BCUT2D eigenvalue weighted by molar-refractivity contribution is 9.10. The average Bonchev–Trinajstić information content (AvgIpc) is 2.62. The first kappa shape index (κ1) is 13.8. The summed E-state index contributed by atoms with van der Waals surface area (Å²) >= 11 is 3.42. The summed E-state index contributed by atoms with van der Waals surface area (Å²) in [7, 11) is 0. The van der Waals surface area contributed by atoms with Crippen LogP contribution >= 0.6 is 15.9 Å². The monoisotopic (exact) mass is 322 g/mol. The van der Waals surface area contributed by atoms with Crippen LogP contribution in [0.15, 0.2) is 34.8 Å². The Kier molecular flexibility index (Phi) is 4.74. The summed E-state index contributed by atoms with van der Waals surface area (Å²) in [6.07, 6.45) is 4.06. The first-order valence-electron chi connectivity index (χ1n) is 6.15. The van der Waals surface area contributed by atoms with Crippen LogP contribution in [0.2, 0.25) is 0 Å². The summed E-state index contributed by atoms with van der Waals surface area (Å²) < 4.78 is 0.938. The topological polar surface area (TPSA) is 49.4 Å². The zero-order valence-electron chi connectivity index (χ0n) is 10.4. The van der Waals surface area contributed by atoms with Crippen LogP contribution in [0.4, 0.5) is 0 Å². The normalized spacial score (nSPS) is 16.3. The fourth-order valence-electron chi connectivity index (χ4n) is 1.87. The molecule has 0 unspecified atom stereocenters. The quantitative estimate of drug-likeness (QED) is 0.844. The van der Waals surface area contributed by atoms with Crippen molar-refractivity contribution in [3.8, 4) is 0 Å². The molecule has 1 aromatic carbocycles. The summed E-state index contributed by atoms with van der Waals surface area (Å²) in [6, 6.07) is 7.67. The van der Waals surface area contributed by atoms with Gasteiger partial charge >= 0.3 is 0 Å². The molecule has 0 radical (unpaired) electrons. The van der Waals surface area contributed by atoms with E-state index in [0.29, 0.717) is 13.1 Å². The van der Waals surface area contributed by atoms with Crippen molar-refractivity contribution < 1.29 is 9.59 Å². The molecule has 1 saturated heterocycles. The highest BCUT2D eigenvalue weighted by Gasteiger charge is 2.17. The van der Waals surface area contributed by atoms with Gasteiger partial charge in [0.1, 0.15) is 0 Å². The summed E-state index contributed by atoms with van der Waals surface area (Å²) in [5, 5.41) is 2.75. The van der Waals surface area contributed by atoms with Crippen molar-refractivity contribution in [3.05, 3.63) is 40.4 Å². The molecule has 0 aromatic heterocycles. The fraction of sp³-hybridized carbons (Fsp3) is 0.286. The zero-order valence-corrected chi connectivity index (χ0v) is 12.0. The standard InChI is InChI=1S/C14H15BrN2O2/c15-12-5-2-1-4-11(12)6-7-14(19)17-9-3-8-16-13(18)10-17/h1-2,4-7H,3,8-10H2,(H,16,18). The SMILES string of the molecule is O=C1CN(C(=O)C=Cc2ccccc2Br)CCCN1. The van der Waals surface area contributed by atoms with E-state index in [9.17, 15) is 9.59 Å². The molecule has 2 amide bonds. The predicted octanol–water partition coefficient (Wildman–Crippen LogP) is 1.81. The molecule has 19 heavy (non-hydrogen) atoms. The minimum Gasteiger partial charge on any atom is -0.354 e. The van der Waals surface area contributed by atoms with Gasteiger partial charge in [0, 0.05) is 23.6 Å². The molecule has 1 aliphatic heterocycles. The van der Waals surface area contributed by atoms with Gasteiger partial charge in [-0.25, -0.2) is 0 Å².